The van der Waals surface area contributed by atoms with Crippen molar-refractivity contribution in [3.63, 3.8) is 0 Å². The molecule has 1 amide bonds. The first kappa shape index (κ1) is 20.6. The summed E-state index contributed by atoms with van der Waals surface area (Å²) in [4.78, 5) is 21.8. The molecule has 7 nitrogen and oxygen atoms in total. The van der Waals surface area contributed by atoms with E-state index in [1.165, 1.54) is 4.70 Å². The van der Waals surface area contributed by atoms with Crippen molar-refractivity contribution in [1.29, 1.82) is 0 Å². The van der Waals surface area contributed by atoms with Crippen LogP contribution in [0.5, 0.6) is 11.5 Å². The summed E-state index contributed by atoms with van der Waals surface area (Å²) in [6, 6.07) is 13.6. The first-order valence-corrected chi connectivity index (χ1v) is 10.8. The highest BCUT2D eigenvalue weighted by Crippen LogP contribution is 2.29. The van der Waals surface area contributed by atoms with Crippen LogP contribution in [-0.2, 0) is 11.3 Å². The Labute approximate surface area is 180 Å². The zero-order valence-electron chi connectivity index (χ0n) is 17.3. The quantitative estimate of drug-likeness (QED) is 0.626. The molecule has 0 spiro atoms. The first-order chi connectivity index (χ1) is 14.6. The summed E-state index contributed by atoms with van der Waals surface area (Å²) in [5.41, 5.74) is 1.72. The minimum absolute atomic E-state index is 0.0434. The number of piperazine rings is 1. The van der Waals surface area contributed by atoms with Gasteiger partial charge in [-0.15, -0.1) is 11.3 Å². The monoisotopic (exact) mass is 426 g/mol. The van der Waals surface area contributed by atoms with Crippen molar-refractivity contribution < 1.29 is 14.3 Å². The summed E-state index contributed by atoms with van der Waals surface area (Å²) in [5.74, 6) is 1.23. The maximum absolute atomic E-state index is 12.5. The highest BCUT2D eigenvalue weighted by atomic mass is 32.1. The average molecular weight is 427 g/mol. The molecule has 0 unspecified atom stereocenters. The van der Waals surface area contributed by atoms with E-state index in [0.29, 0.717) is 23.7 Å². The van der Waals surface area contributed by atoms with Gasteiger partial charge in [-0.05, 0) is 24.3 Å². The summed E-state index contributed by atoms with van der Waals surface area (Å²) in [5, 5.41) is 4.09. The molecule has 1 N–H and O–H groups in total. The van der Waals surface area contributed by atoms with E-state index in [2.05, 4.69) is 33.3 Å². The van der Waals surface area contributed by atoms with E-state index >= 15 is 0 Å². The fraction of sp³-hybridized carbons (Fsp3) is 0.364. The highest BCUT2D eigenvalue weighted by Gasteiger charge is 2.20. The van der Waals surface area contributed by atoms with Crippen molar-refractivity contribution in [3.05, 3.63) is 47.5 Å². The maximum Gasteiger partial charge on any atom is 0.238 e. The number of anilines is 1. The first-order valence-electron chi connectivity index (χ1n) is 9.95. The second kappa shape index (κ2) is 9.42. The number of rotatable bonds is 7. The zero-order chi connectivity index (χ0) is 20.9. The molecule has 1 aromatic heterocycles. The van der Waals surface area contributed by atoms with Gasteiger partial charge in [-0.3, -0.25) is 14.6 Å². The molecule has 158 valence electrons. The Hall–Kier alpha value is -2.68. The van der Waals surface area contributed by atoms with E-state index in [4.69, 9.17) is 14.5 Å². The van der Waals surface area contributed by atoms with Gasteiger partial charge in [0, 0.05) is 32.2 Å². The minimum Gasteiger partial charge on any atom is -0.497 e. The SMILES string of the molecule is COc1ccc(NC(=O)CN2CCN(Cc3nc4ccccc4s3)CC2)c(OC)c1. The maximum atomic E-state index is 12.5. The molecule has 0 atom stereocenters. The molecule has 8 heteroatoms. The molecule has 0 bridgehead atoms. The third kappa shape index (κ3) is 4.89. The van der Waals surface area contributed by atoms with Gasteiger partial charge in [0.25, 0.3) is 0 Å². The fourth-order valence-electron chi connectivity index (χ4n) is 3.58. The summed E-state index contributed by atoms with van der Waals surface area (Å²) in [6.07, 6.45) is 0. The van der Waals surface area contributed by atoms with Crippen LogP contribution in [0.3, 0.4) is 0 Å². The van der Waals surface area contributed by atoms with Crippen molar-refractivity contribution in [3.8, 4) is 11.5 Å². The summed E-state index contributed by atoms with van der Waals surface area (Å²) in [7, 11) is 3.18. The number of carbonyl (C=O) groups excluding carboxylic acids is 1. The molecular formula is C22H26N4O3S. The Morgan fingerprint density at radius 2 is 1.83 bits per heavy atom. The number of thiazole rings is 1. The third-order valence-electron chi connectivity index (χ3n) is 5.21. The van der Waals surface area contributed by atoms with Crippen molar-refractivity contribution in [2.45, 2.75) is 6.54 Å². The van der Waals surface area contributed by atoms with Gasteiger partial charge >= 0.3 is 0 Å². The number of nitrogens with zero attached hydrogens (tertiary/aromatic N) is 3. The molecule has 1 saturated heterocycles. The molecule has 3 aromatic rings. The molecular weight excluding hydrogens is 400 g/mol. The lowest BCUT2D eigenvalue weighted by Crippen LogP contribution is -2.48. The molecule has 0 aliphatic carbocycles. The number of hydrogen-bond acceptors (Lipinski definition) is 7. The Balaban J connectivity index is 1.26. The topological polar surface area (TPSA) is 66.9 Å². The van der Waals surface area contributed by atoms with E-state index in [0.717, 1.165) is 43.2 Å². The van der Waals surface area contributed by atoms with Crippen molar-refractivity contribution in [1.82, 2.24) is 14.8 Å². The van der Waals surface area contributed by atoms with Crippen LogP contribution >= 0.6 is 11.3 Å². The van der Waals surface area contributed by atoms with Crippen molar-refractivity contribution in [2.75, 3.05) is 52.3 Å². The number of benzene rings is 2. The third-order valence-corrected chi connectivity index (χ3v) is 6.23. The summed E-state index contributed by atoms with van der Waals surface area (Å²) >= 11 is 1.76. The average Bonchev–Trinajstić information content (AvgIpc) is 3.17. The van der Waals surface area contributed by atoms with Gasteiger partial charge < -0.3 is 14.8 Å². The van der Waals surface area contributed by atoms with Gasteiger partial charge in [-0.25, -0.2) is 4.98 Å². The van der Waals surface area contributed by atoms with E-state index in [1.54, 1.807) is 43.8 Å². The Kier molecular flexibility index (Phi) is 6.47. The van der Waals surface area contributed by atoms with Crippen LogP contribution in [-0.4, -0.2) is 67.6 Å². The lowest BCUT2D eigenvalue weighted by molar-refractivity contribution is -0.117. The predicted octanol–water partition coefficient (Wildman–Crippen LogP) is 3.07. The standard InChI is InChI=1S/C22H26N4O3S/c1-28-16-7-8-17(19(13-16)29-2)23-21(27)14-25-9-11-26(12-10-25)15-22-24-18-5-3-4-6-20(18)30-22/h3-8,13H,9-12,14-15H2,1-2H3,(H,23,27). The molecule has 30 heavy (non-hydrogen) atoms. The van der Waals surface area contributed by atoms with E-state index in [9.17, 15) is 4.79 Å². The number of methoxy groups -OCH3 is 2. The highest BCUT2D eigenvalue weighted by molar-refractivity contribution is 7.18. The van der Waals surface area contributed by atoms with Crippen LogP contribution in [0.1, 0.15) is 5.01 Å². The smallest absolute Gasteiger partial charge is 0.238 e. The predicted molar refractivity (Wildman–Crippen MR) is 120 cm³/mol. The van der Waals surface area contributed by atoms with E-state index in [-0.39, 0.29) is 5.91 Å². The van der Waals surface area contributed by atoms with Crippen molar-refractivity contribution >= 4 is 33.1 Å². The number of nitrogens with one attached hydrogen (secondary N) is 1. The van der Waals surface area contributed by atoms with Crippen molar-refractivity contribution in [2.24, 2.45) is 0 Å². The summed E-state index contributed by atoms with van der Waals surface area (Å²) in [6.45, 7) is 4.80. The Bertz CT molecular complexity index is 982. The number of hydrogen-bond donors (Lipinski definition) is 1. The number of aromatic nitrogens is 1. The van der Waals surface area contributed by atoms with Gasteiger partial charge in [0.05, 0.1) is 43.2 Å². The van der Waals surface area contributed by atoms with E-state index < -0.39 is 0 Å². The Morgan fingerprint density at radius 3 is 2.57 bits per heavy atom. The van der Waals surface area contributed by atoms with Gasteiger partial charge in [-0.1, -0.05) is 12.1 Å². The second-order valence-electron chi connectivity index (χ2n) is 7.24. The van der Waals surface area contributed by atoms with Gasteiger partial charge in [0.2, 0.25) is 5.91 Å². The van der Waals surface area contributed by atoms with Gasteiger partial charge in [0.15, 0.2) is 0 Å². The largest absolute Gasteiger partial charge is 0.497 e. The molecule has 2 aromatic carbocycles. The Morgan fingerprint density at radius 1 is 1.07 bits per heavy atom. The van der Waals surface area contributed by atoms with Crippen LogP contribution in [0.4, 0.5) is 5.69 Å². The fourth-order valence-corrected chi connectivity index (χ4v) is 4.59. The van der Waals surface area contributed by atoms with Gasteiger partial charge in [-0.2, -0.15) is 0 Å². The normalized spacial score (nSPS) is 15.3. The lowest BCUT2D eigenvalue weighted by Gasteiger charge is -2.33. The molecule has 1 aliphatic heterocycles. The molecule has 1 aliphatic rings. The molecule has 0 saturated carbocycles. The minimum atomic E-state index is -0.0434. The van der Waals surface area contributed by atoms with E-state index in [1.807, 2.05) is 6.07 Å². The van der Waals surface area contributed by atoms with Crippen LogP contribution in [0.2, 0.25) is 0 Å². The van der Waals surface area contributed by atoms with Gasteiger partial charge in [0.1, 0.15) is 16.5 Å². The second-order valence-corrected chi connectivity index (χ2v) is 8.36. The molecule has 0 radical (unpaired) electrons. The molecule has 2 heterocycles. The van der Waals surface area contributed by atoms with Crippen LogP contribution in [0.15, 0.2) is 42.5 Å². The number of para-hydroxylation sites is 1. The summed E-state index contributed by atoms with van der Waals surface area (Å²) < 4.78 is 11.8. The van der Waals surface area contributed by atoms with Crippen LogP contribution in [0.25, 0.3) is 10.2 Å². The molecule has 4 rings (SSSR count). The zero-order valence-corrected chi connectivity index (χ0v) is 18.1. The number of amides is 1. The number of carbonyl (C=O) groups is 1. The number of fused-ring (bicyclic) bond motifs is 1. The van der Waals surface area contributed by atoms with Crippen LogP contribution in [0, 0.1) is 0 Å². The number of ether oxygens (including phenoxy) is 2. The van der Waals surface area contributed by atoms with Crippen LogP contribution < -0.4 is 14.8 Å². The molecule has 1 fully saturated rings. The lowest BCUT2D eigenvalue weighted by atomic mass is 10.2.